The van der Waals surface area contributed by atoms with Gasteiger partial charge >= 0.3 is 0 Å². The van der Waals surface area contributed by atoms with Crippen LogP contribution in [0.15, 0.2) is 24.3 Å². The first-order valence-electron chi connectivity index (χ1n) is 7.51. The van der Waals surface area contributed by atoms with E-state index < -0.39 is 0 Å². The fraction of sp³-hybridized carbons (Fsp3) is 0.625. The summed E-state index contributed by atoms with van der Waals surface area (Å²) in [6, 6.07) is 7.88. The van der Waals surface area contributed by atoms with E-state index in [-0.39, 0.29) is 0 Å². The van der Waals surface area contributed by atoms with Crippen LogP contribution in [0.5, 0.6) is 5.75 Å². The molecule has 0 aliphatic carbocycles. The lowest BCUT2D eigenvalue weighted by Crippen LogP contribution is -2.40. The lowest BCUT2D eigenvalue weighted by atomic mass is 9.91. The van der Waals surface area contributed by atoms with Crippen molar-refractivity contribution in [1.29, 1.82) is 0 Å². The van der Waals surface area contributed by atoms with E-state index in [1.165, 1.54) is 25.9 Å². The summed E-state index contributed by atoms with van der Waals surface area (Å²) in [5.74, 6) is 1.60. The second-order valence-corrected chi connectivity index (χ2v) is 6.13. The maximum atomic E-state index is 5.96. The third-order valence-corrected chi connectivity index (χ3v) is 4.33. The van der Waals surface area contributed by atoms with Crippen LogP contribution in [0, 0.1) is 5.92 Å². The Morgan fingerprint density at radius 2 is 1.95 bits per heavy atom. The minimum atomic E-state index is 0.338. The van der Waals surface area contributed by atoms with Crippen molar-refractivity contribution in [1.82, 2.24) is 4.90 Å². The Kier molecular flexibility index (Phi) is 6.14. The molecule has 1 heterocycles. The number of nitrogens with two attached hydrogens (primary N) is 1. The third kappa shape index (κ3) is 4.97. The highest BCUT2D eigenvalue weighted by Crippen LogP contribution is 2.20. The summed E-state index contributed by atoms with van der Waals surface area (Å²) in [5.41, 5.74) is 5.96. The number of halogens is 1. The van der Waals surface area contributed by atoms with Gasteiger partial charge in [-0.1, -0.05) is 11.6 Å². The van der Waals surface area contributed by atoms with Crippen molar-refractivity contribution in [3.63, 3.8) is 0 Å². The average molecular weight is 297 g/mol. The molecular weight excluding hydrogens is 272 g/mol. The Bertz CT molecular complexity index is 386. The standard InChI is InChI=1S/C16H25ClN2O/c1-13(18)14-7-10-19(11-8-14)9-2-12-20-16-5-3-15(17)4-6-16/h3-6,13-14H,2,7-12,18H2,1H3. The third-order valence-electron chi connectivity index (χ3n) is 4.08. The van der Waals surface area contributed by atoms with Gasteiger partial charge in [-0.3, -0.25) is 0 Å². The molecule has 0 spiro atoms. The Hall–Kier alpha value is -0.770. The molecule has 1 saturated heterocycles. The first-order valence-corrected chi connectivity index (χ1v) is 7.89. The number of nitrogens with zero attached hydrogens (tertiary/aromatic N) is 1. The van der Waals surface area contributed by atoms with Crippen molar-refractivity contribution >= 4 is 11.6 Å². The van der Waals surface area contributed by atoms with Crippen LogP contribution in [0.3, 0.4) is 0 Å². The largest absolute Gasteiger partial charge is 0.494 e. The minimum absolute atomic E-state index is 0.338. The quantitative estimate of drug-likeness (QED) is 0.820. The molecular formula is C16H25ClN2O. The highest BCUT2D eigenvalue weighted by molar-refractivity contribution is 6.30. The molecule has 2 rings (SSSR count). The van der Waals surface area contributed by atoms with Gasteiger partial charge in [0.2, 0.25) is 0 Å². The molecule has 1 aromatic rings. The maximum absolute atomic E-state index is 5.96. The van der Waals surface area contributed by atoms with E-state index in [1.54, 1.807) is 0 Å². The van der Waals surface area contributed by atoms with Crippen molar-refractivity contribution in [3.8, 4) is 5.75 Å². The van der Waals surface area contributed by atoms with Crippen molar-refractivity contribution in [2.24, 2.45) is 11.7 Å². The molecule has 2 N–H and O–H groups in total. The Morgan fingerprint density at radius 3 is 2.55 bits per heavy atom. The van der Waals surface area contributed by atoms with Crippen molar-refractivity contribution in [3.05, 3.63) is 29.3 Å². The summed E-state index contributed by atoms with van der Waals surface area (Å²) in [5, 5.41) is 0.745. The normalized spacial score (nSPS) is 18.9. The predicted octanol–water partition coefficient (Wildman–Crippen LogP) is 3.17. The summed E-state index contributed by atoms with van der Waals surface area (Å²) < 4.78 is 5.71. The van der Waals surface area contributed by atoms with Gasteiger partial charge in [0.1, 0.15) is 5.75 Å². The van der Waals surface area contributed by atoms with Crippen LogP contribution < -0.4 is 10.5 Å². The topological polar surface area (TPSA) is 38.5 Å². The SMILES string of the molecule is CC(N)C1CCN(CCCOc2ccc(Cl)cc2)CC1. The zero-order valence-corrected chi connectivity index (χ0v) is 13.0. The first kappa shape index (κ1) is 15.6. The maximum Gasteiger partial charge on any atom is 0.119 e. The number of hydrogen-bond donors (Lipinski definition) is 1. The van der Waals surface area contributed by atoms with Crippen LogP contribution in [-0.4, -0.2) is 37.2 Å². The summed E-state index contributed by atoms with van der Waals surface area (Å²) in [7, 11) is 0. The summed E-state index contributed by atoms with van der Waals surface area (Å²) in [6.45, 7) is 6.34. The molecule has 0 bridgehead atoms. The van der Waals surface area contributed by atoms with E-state index in [9.17, 15) is 0 Å². The molecule has 1 aliphatic rings. The number of likely N-dealkylation sites (tertiary alicyclic amines) is 1. The van der Waals surface area contributed by atoms with Gasteiger partial charge in [-0.25, -0.2) is 0 Å². The van der Waals surface area contributed by atoms with Gasteiger partial charge in [-0.05, 0) is 69.5 Å². The zero-order chi connectivity index (χ0) is 14.4. The molecule has 1 unspecified atom stereocenters. The fourth-order valence-electron chi connectivity index (χ4n) is 2.71. The van der Waals surface area contributed by atoms with E-state index in [4.69, 9.17) is 22.1 Å². The van der Waals surface area contributed by atoms with Crippen LogP contribution in [-0.2, 0) is 0 Å². The summed E-state index contributed by atoms with van der Waals surface area (Å²) in [4.78, 5) is 2.52. The minimum Gasteiger partial charge on any atom is -0.494 e. The Labute approximate surface area is 127 Å². The second kappa shape index (κ2) is 7.87. The van der Waals surface area contributed by atoms with Crippen molar-refractivity contribution in [2.45, 2.75) is 32.2 Å². The highest BCUT2D eigenvalue weighted by atomic mass is 35.5. The van der Waals surface area contributed by atoms with E-state index in [1.807, 2.05) is 24.3 Å². The summed E-state index contributed by atoms with van der Waals surface area (Å²) >= 11 is 5.84. The van der Waals surface area contributed by atoms with E-state index in [0.29, 0.717) is 12.0 Å². The zero-order valence-electron chi connectivity index (χ0n) is 12.2. The summed E-state index contributed by atoms with van der Waals surface area (Å²) in [6.07, 6.45) is 3.52. The highest BCUT2D eigenvalue weighted by Gasteiger charge is 2.21. The van der Waals surface area contributed by atoms with Gasteiger partial charge in [-0.15, -0.1) is 0 Å². The lowest BCUT2D eigenvalue weighted by Gasteiger charge is -2.33. The van der Waals surface area contributed by atoms with Gasteiger partial charge in [0.15, 0.2) is 0 Å². The Morgan fingerprint density at radius 1 is 1.30 bits per heavy atom. The van der Waals surface area contributed by atoms with Gasteiger partial charge in [0, 0.05) is 17.6 Å². The molecule has 1 aromatic carbocycles. The molecule has 112 valence electrons. The van der Waals surface area contributed by atoms with Gasteiger partial charge < -0.3 is 15.4 Å². The molecule has 4 heteroatoms. The smallest absolute Gasteiger partial charge is 0.119 e. The van der Waals surface area contributed by atoms with Crippen LogP contribution in [0.4, 0.5) is 0 Å². The van der Waals surface area contributed by atoms with Crippen molar-refractivity contribution in [2.75, 3.05) is 26.2 Å². The first-order chi connectivity index (χ1) is 9.65. The van der Waals surface area contributed by atoms with Gasteiger partial charge in [0.25, 0.3) is 0 Å². The van der Waals surface area contributed by atoms with Gasteiger partial charge in [0.05, 0.1) is 6.61 Å². The Balaban J connectivity index is 1.59. The fourth-order valence-corrected chi connectivity index (χ4v) is 2.84. The van der Waals surface area contributed by atoms with Crippen molar-refractivity contribution < 1.29 is 4.74 Å². The van der Waals surface area contributed by atoms with E-state index in [0.717, 1.165) is 30.3 Å². The monoisotopic (exact) mass is 296 g/mol. The second-order valence-electron chi connectivity index (χ2n) is 5.69. The van der Waals surface area contributed by atoms with Gasteiger partial charge in [-0.2, -0.15) is 0 Å². The van der Waals surface area contributed by atoms with E-state index in [2.05, 4.69) is 11.8 Å². The van der Waals surface area contributed by atoms with Crippen LogP contribution in [0.1, 0.15) is 26.2 Å². The molecule has 0 aromatic heterocycles. The molecule has 0 amide bonds. The average Bonchev–Trinajstić information content (AvgIpc) is 2.46. The number of rotatable bonds is 6. The molecule has 1 fully saturated rings. The number of benzene rings is 1. The molecule has 20 heavy (non-hydrogen) atoms. The molecule has 0 saturated carbocycles. The predicted molar refractivity (Wildman–Crippen MR) is 84.4 cm³/mol. The molecule has 1 atom stereocenters. The van der Waals surface area contributed by atoms with E-state index >= 15 is 0 Å². The number of ether oxygens (including phenoxy) is 1. The molecule has 3 nitrogen and oxygen atoms in total. The van der Waals surface area contributed by atoms with Crippen LogP contribution in [0.2, 0.25) is 5.02 Å². The molecule has 1 aliphatic heterocycles. The number of hydrogen-bond acceptors (Lipinski definition) is 3. The van der Waals surface area contributed by atoms with Crippen LogP contribution in [0.25, 0.3) is 0 Å². The number of piperidine rings is 1. The lowest BCUT2D eigenvalue weighted by molar-refractivity contribution is 0.161. The molecule has 0 radical (unpaired) electrons. The van der Waals surface area contributed by atoms with Crippen LogP contribution >= 0.6 is 11.6 Å².